The molecule has 0 saturated heterocycles. The predicted octanol–water partition coefficient (Wildman–Crippen LogP) is 3.75. The SMILES string of the molecule is CC[C@@H](C(=O)NC)N(Cc1cccc(C)c1)C(=O)CCCN(c1cccc(Cl)c1)S(C)(=O)=O. The lowest BCUT2D eigenvalue weighted by molar-refractivity contribution is -0.141. The third-order valence-electron chi connectivity index (χ3n) is 5.32. The molecule has 0 unspecified atom stereocenters. The Morgan fingerprint density at radius 1 is 1.12 bits per heavy atom. The first-order chi connectivity index (χ1) is 15.6. The predicted molar refractivity (Wildman–Crippen MR) is 133 cm³/mol. The van der Waals surface area contributed by atoms with Gasteiger partial charge in [-0.2, -0.15) is 0 Å². The molecule has 33 heavy (non-hydrogen) atoms. The first-order valence-corrected chi connectivity index (χ1v) is 13.1. The van der Waals surface area contributed by atoms with Gasteiger partial charge in [-0.15, -0.1) is 0 Å². The number of benzene rings is 2. The highest BCUT2D eigenvalue weighted by molar-refractivity contribution is 7.92. The molecule has 0 radical (unpaired) electrons. The van der Waals surface area contributed by atoms with Gasteiger partial charge in [-0.1, -0.05) is 54.4 Å². The summed E-state index contributed by atoms with van der Waals surface area (Å²) in [7, 11) is -2.01. The number of nitrogens with zero attached hydrogens (tertiary/aromatic N) is 2. The highest BCUT2D eigenvalue weighted by Gasteiger charge is 2.28. The number of amides is 2. The van der Waals surface area contributed by atoms with E-state index in [9.17, 15) is 18.0 Å². The maximum atomic E-state index is 13.2. The molecular formula is C24H32ClN3O4S. The Kier molecular flexibility index (Phi) is 9.73. The van der Waals surface area contributed by atoms with Gasteiger partial charge in [-0.05, 0) is 43.5 Å². The van der Waals surface area contributed by atoms with E-state index < -0.39 is 16.1 Å². The number of carbonyl (C=O) groups is 2. The van der Waals surface area contributed by atoms with Gasteiger partial charge in [0.25, 0.3) is 0 Å². The molecule has 0 fully saturated rings. The van der Waals surface area contributed by atoms with Crippen molar-refractivity contribution in [3.05, 3.63) is 64.7 Å². The molecule has 0 heterocycles. The zero-order valence-corrected chi connectivity index (χ0v) is 21.1. The molecule has 2 rings (SSSR count). The van der Waals surface area contributed by atoms with Crippen LogP contribution in [0.3, 0.4) is 0 Å². The van der Waals surface area contributed by atoms with Crippen molar-refractivity contribution in [3.8, 4) is 0 Å². The Balaban J connectivity index is 2.19. The number of hydrogen-bond acceptors (Lipinski definition) is 4. The van der Waals surface area contributed by atoms with Gasteiger partial charge in [-0.3, -0.25) is 13.9 Å². The molecule has 2 amide bonds. The minimum atomic E-state index is -3.56. The van der Waals surface area contributed by atoms with E-state index in [1.807, 2.05) is 38.1 Å². The highest BCUT2D eigenvalue weighted by atomic mass is 35.5. The van der Waals surface area contributed by atoms with Crippen molar-refractivity contribution < 1.29 is 18.0 Å². The Hall–Kier alpha value is -2.58. The maximum Gasteiger partial charge on any atom is 0.242 e. The van der Waals surface area contributed by atoms with Crippen LogP contribution < -0.4 is 9.62 Å². The van der Waals surface area contributed by atoms with E-state index in [0.717, 1.165) is 17.4 Å². The summed E-state index contributed by atoms with van der Waals surface area (Å²) in [6.45, 7) is 4.26. The van der Waals surface area contributed by atoms with Gasteiger partial charge in [0.05, 0.1) is 11.9 Å². The van der Waals surface area contributed by atoms with Gasteiger partial charge in [0.2, 0.25) is 21.8 Å². The molecule has 7 nitrogen and oxygen atoms in total. The number of anilines is 1. The second kappa shape index (κ2) is 12.0. The van der Waals surface area contributed by atoms with Crippen LogP contribution in [-0.4, -0.2) is 51.0 Å². The summed E-state index contributed by atoms with van der Waals surface area (Å²) < 4.78 is 25.9. The monoisotopic (exact) mass is 493 g/mol. The minimum absolute atomic E-state index is 0.103. The fourth-order valence-corrected chi connectivity index (χ4v) is 4.87. The first-order valence-electron chi connectivity index (χ1n) is 10.9. The smallest absolute Gasteiger partial charge is 0.242 e. The van der Waals surface area contributed by atoms with Gasteiger partial charge in [-0.25, -0.2) is 8.42 Å². The number of aryl methyl sites for hydroxylation is 1. The number of likely N-dealkylation sites (N-methyl/N-ethyl adjacent to an activating group) is 1. The summed E-state index contributed by atoms with van der Waals surface area (Å²) in [5.74, 6) is -0.429. The molecule has 0 aliphatic heterocycles. The topological polar surface area (TPSA) is 86.8 Å². The van der Waals surface area contributed by atoms with Crippen LogP contribution in [0.2, 0.25) is 5.02 Å². The molecule has 2 aromatic carbocycles. The van der Waals surface area contributed by atoms with E-state index in [-0.39, 0.29) is 24.8 Å². The van der Waals surface area contributed by atoms with E-state index in [1.54, 1.807) is 36.2 Å². The molecule has 1 N–H and O–H groups in total. The van der Waals surface area contributed by atoms with Crippen molar-refractivity contribution >= 4 is 39.1 Å². The van der Waals surface area contributed by atoms with Crippen LogP contribution in [-0.2, 0) is 26.2 Å². The van der Waals surface area contributed by atoms with Gasteiger partial charge >= 0.3 is 0 Å². The highest BCUT2D eigenvalue weighted by Crippen LogP contribution is 2.23. The molecule has 1 atom stereocenters. The average molecular weight is 494 g/mol. The van der Waals surface area contributed by atoms with E-state index in [0.29, 0.717) is 30.1 Å². The van der Waals surface area contributed by atoms with Crippen molar-refractivity contribution in [1.29, 1.82) is 0 Å². The lowest BCUT2D eigenvalue weighted by Crippen LogP contribution is -2.48. The van der Waals surface area contributed by atoms with Crippen LogP contribution in [0.4, 0.5) is 5.69 Å². The Labute approximate surface area is 201 Å². The maximum absolute atomic E-state index is 13.2. The zero-order valence-electron chi connectivity index (χ0n) is 19.5. The van der Waals surface area contributed by atoms with Crippen molar-refractivity contribution in [2.45, 2.75) is 45.7 Å². The molecule has 2 aromatic rings. The number of hydrogen-bond donors (Lipinski definition) is 1. The largest absolute Gasteiger partial charge is 0.357 e. The minimum Gasteiger partial charge on any atom is -0.357 e. The summed E-state index contributed by atoms with van der Waals surface area (Å²) in [4.78, 5) is 27.3. The van der Waals surface area contributed by atoms with Crippen LogP contribution in [0, 0.1) is 6.92 Å². The summed E-state index contributed by atoms with van der Waals surface area (Å²) in [5.41, 5.74) is 2.45. The van der Waals surface area contributed by atoms with Crippen LogP contribution in [0.25, 0.3) is 0 Å². The lowest BCUT2D eigenvalue weighted by atomic mass is 10.1. The molecule has 0 aliphatic rings. The fraction of sp³-hybridized carbons (Fsp3) is 0.417. The summed E-state index contributed by atoms with van der Waals surface area (Å²) in [5, 5.41) is 3.07. The molecule has 0 bridgehead atoms. The molecule has 0 aliphatic carbocycles. The van der Waals surface area contributed by atoms with Crippen LogP contribution in [0.15, 0.2) is 48.5 Å². The van der Waals surface area contributed by atoms with Gasteiger partial charge in [0.15, 0.2) is 0 Å². The first kappa shape index (κ1) is 26.7. The second-order valence-corrected chi connectivity index (χ2v) is 10.3. The third-order valence-corrected chi connectivity index (χ3v) is 6.75. The van der Waals surface area contributed by atoms with Gasteiger partial charge in [0.1, 0.15) is 6.04 Å². The fourth-order valence-electron chi connectivity index (χ4n) is 3.73. The third kappa shape index (κ3) is 7.75. The Morgan fingerprint density at radius 3 is 2.39 bits per heavy atom. The molecule has 0 saturated carbocycles. The Bertz CT molecular complexity index is 1070. The number of nitrogens with one attached hydrogen (secondary N) is 1. The van der Waals surface area contributed by atoms with Crippen LogP contribution in [0.5, 0.6) is 0 Å². The van der Waals surface area contributed by atoms with Crippen LogP contribution in [0.1, 0.15) is 37.3 Å². The molecule has 180 valence electrons. The Morgan fingerprint density at radius 2 is 1.82 bits per heavy atom. The number of carbonyl (C=O) groups excluding carboxylic acids is 2. The number of sulfonamides is 1. The van der Waals surface area contributed by atoms with E-state index in [4.69, 9.17) is 11.6 Å². The standard InChI is InChI=1S/C24H32ClN3O4S/c1-5-22(24(30)26-3)27(17-19-10-6-9-18(2)15-19)23(29)13-8-14-28(33(4,31)32)21-12-7-11-20(25)16-21/h6-7,9-12,15-16,22H,5,8,13-14,17H2,1-4H3,(H,26,30)/t22-/m0/s1. The van der Waals surface area contributed by atoms with Crippen molar-refractivity contribution in [2.24, 2.45) is 0 Å². The van der Waals surface area contributed by atoms with E-state index in [2.05, 4.69) is 5.32 Å². The average Bonchev–Trinajstić information content (AvgIpc) is 2.75. The number of rotatable bonds is 11. The summed E-state index contributed by atoms with van der Waals surface area (Å²) >= 11 is 6.03. The van der Waals surface area contributed by atoms with Crippen molar-refractivity contribution in [2.75, 3.05) is 24.2 Å². The van der Waals surface area contributed by atoms with E-state index in [1.165, 1.54) is 4.31 Å². The van der Waals surface area contributed by atoms with E-state index >= 15 is 0 Å². The lowest BCUT2D eigenvalue weighted by Gasteiger charge is -2.31. The van der Waals surface area contributed by atoms with Crippen LogP contribution >= 0.6 is 11.6 Å². The number of halogens is 1. The molecule has 0 aromatic heterocycles. The van der Waals surface area contributed by atoms with Crippen molar-refractivity contribution in [1.82, 2.24) is 10.2 Å². The summed E-state index contributed by atoms with van der Waals surface area (Å²) in [6, 6.07) is 13.8. The van der Waals surface area contributed by atoms with Gasteiger partial charge in [0, 0.05) is 31.6 Å². The normalized spacial score (nSPS) is 12.2. The molecule has 0 spiro atoms. The summed E-state index contributed by atoms with van der Waals surface area (Å²) in [6.07, 6.45) is 1.99. The molecular weight excluding hydrogens is 462 g/mol. The quantitative estimate of drug-likeness (QED) is 0.516. The van der Waals surface area contributed by atoms with Crippen molar-refractivity contribution in [3.63, 3.8) is 0 Å². The second-order valence-electron chi connectivity index (χ2n) is 7.97. The molecule has 9 heteroatoms. The van der Waals surface area contributed by atoms with Gasteiger partial charge < -0.3 is 10.2 Å². The zero-order chi connectivity index (χ0) is 24.6.